The maximum Gasteiger partial charge on any atom is 0.251 e. The first-order chi connectivity index (χ1) is 13.4. The van der Waals surface area contributed by atoms with Gasteiger partial charge in [-0.2, -0.15) is 4.31 Å². The Morgan fingerprint density at radius 1 is 1.21 bits per heavy atom. The molecular formula is C19H25N3O5S. The van der Waals surface area contributed by atoms with E-state index in [0.29, 0.717) is 38.4 Å². The molecule has 0 radical (unpaired) electrons. The van der Waals surface area contributed by atoms with Crippen molar-refractivity contribution in [3.8, 4) is 0 Å². The number of morpholine rings is 1. The summed E-state index contributed by atoms with van der Waals surface area (Å²) in [6.45, 7) is 1.70. The van der Waals surface area contributed by atoms with Gasteiger partial charge in [0.1, 0.15) is 5.76 Å². The Hall–Kier alpha value is -2.20. The van der Waals surface area contributed by atoms with Gasteiger partial charge >= 0.3 is 0 Å². The molecule has 8 nitrogen and oxygen atoms in total. The van der Waals surface area contributed by atoms with Gasteiger partial charge in [-0.05, 0) is 44.4 Å². The van der Waals surface area contributed by atoms with Crippen molar-refractivity contribution < 1.29 is 22.4 Å². The number of rotatable bonds is 7. The molecule has 0 saturated carbocycles. The van der Waals surface area contributed by atoms with Gasteiger partial charge in [0.15, 0.2) is 0 Å². The molecule has 1 saturated heterocycles. The molecule has 2 aromatic rings. The van der Waals surface area contributed by atoms with Crippen LogP contribution in [0.1, 0.15) is 22.2 Å². The minimum absolute atomic E-state index is 0.109. The van der Waals surface area contributed by atoms with Crippen LogP contribution in [0, 0.1) is 0 Å². The number of hydrogen-bond acceptors (Lipinski definition) is 6. The Kier molecular flexibility index (Phi) is 6.50. The van der Waals surface area contributed by atoms with E-state index in [1.807, 2.05) is 25.1 Å². The highest BCUT2D eigenvalue weighted by molar-refractivity contribution is 7.89. The molecule has 0 aliphatic carbocycles. The average molecular weight is 407 g/mol. The molecule has 1 aliphatic heterocycles. The highest BCUT2D eigenvalue weighted by atomic mass is 32.2. The Balaban J connectivity index is 1.71. The van der Waals surface area contributed by atoms with Crippen LogP contribution in [0.25, 0.3) is 0 Å². The molecule has 0 bridgehead atoms. The first-order valence-corrected chi connectivity index (χ1v) is 10.5. The highest BCUT2D eigenvalue weighted by Crippen LogP contribution is 2.20. The SMILES string of the molecule is CN(C)[C@H](CNC(=O)c1cccc(S(=O)(=O)N2CCOCC2)c1)c1ccco1. The molecule has 1 aliphatic rings. The van der Waals surface area contributed by atoms with Gasteiger partial charge in [-0.1, -0.05) is 6.07 Å². The van der Waals surface area contributed by atoms with Crippen LogP contribution in [0.5, 0.6) is 0 Å². The van der Waals surface area contributed by atoms with Crippen molar-refractivity contribution >= 4 is 15.9 Å². The van der Waals surface area contributed by atoms with Gasteiger partial charge in [0.25, 0.3) is 5.91 Å². The zero-order chi connectivity index (χ0) is 20.1. The third-order valence-electron chi connectivity index (χ3n) is 4.65. The number of sulfonamides is 1. The molecular weight excluding hydrogens is 382 g/mol. The van der Waals surface area contributed by atoms with E-state index in [0.717, 1.165) is 5.76 Å². The van der Waals surface area contributed by atoms with Crippen LogP contribution in [-0.2, 0) is 14.8 Å². The Morgan fingerprint density at radius 3 is 2.61 bits per heavy atom. The van der Waals surface area contributed by atoms with E-state index in [2.05, 4.69) is 5.32 Å². The lowest BCUT2D eigenvalue weighted by molar-refractivity contribution is 0.0730. The molecule has 1 aromatic carbocycles. The number of carbonyl (C=O) groups excluding carboxylic acids is 1. The van der Waals surface area contributed by atoms with E-state index in [1.165, 1.54) is 16.4 Å². The van der Waals surface area contributed by atoms with Crippen molar-refractivity contribution in [1.29, 1.82) is 0 Å². The highest BCUT2D eigenvalue weighted by Gasteiger charge is 2.27. The number of likely N-dealkylation sites (N-methyl/N-ethyl adjacent to an activating group) is 1. The lowest BCUT2D eigenvalue weighted by Gasteiger charge is -2.26. The molecule has 1 fully saturated rings. The van der Waals surface area contributed by atoms with E-state index in [-0.39, 0.29) is 16.8 Å². The average Bonchev–Trinajstić information content (AvgIpc) is 3.23. The van der Waals surface area contributed by atoms with Gasteiger partial charge in [-0.3, -0.25) is 9.69 Å². The second-order valence-corrected chi connectivity index (χ2v) is 8.69. The summed E-state index contributed by atoms with van der Waals surface area (Å²) in [7, 11) is 0.147. The first kappa shape index (κ1) is 20.5. The van der Waals surface area contributed by atoms with Crippen LogP contribution in [0.4, 0.5) is 0 Å². The Morgan fingerprint density at radius 2 is 1.96 bits per heavy atom. The number of ether oxygens (including phenoxy) is 1. The second-order valence-electron chi connectivity index (χ2n) is 6.75. The quantitative estimate of drug-likeness (QED) is 0.745. The van der Waals surface area contributed by atoms with Crippen LogP contribution in [-0.4, -0.2) is 70.5 Å². The van der Waals surface area contributed by atoms with Crippen LogP contribution in [0.15, 0.2) is 52.0 Å². The Bertz CT molecular complexity index is 890. The van der Waals surface area contributed by atoms with Crippen molar-refractivity contribution in [2.75, 3.05) is 46.9 Å². The summed E-state index contributed by atoms with van der Waals surface area (Å²) in [5.41, 5.74) is 0.297. The minimum Gasteiger partial charge on any atom is -0.468 e. The normalized spacial score (nSPS) is 16.8. The van der Waals surface area contributed by atoms with E-state index >= 15 is 0 Å². The fourth-order valence-electron chi connectivity index (χ4n) is 3.04. The number of hydrogen-bond donors (Lipinski definition) is 1. The maximum atomic E-state index is 12.8. The summed E-state index contributed by atoms with van der Waals surface area (Å²) in [5.74, 6) is 0.409. The standard InChI is InChI=1S/C19H25N3O5S/c1-21(2)17(18-7-4-10-27-18)14-20-19(23)15-5-3-6-16(13-15)28(24,25)22-8-11-26-12-9-22/h3-7,10,13,17H,8-9,11-12,14H2,1-2H3,(H,20,23)/t17-/m1/s1. The van der Waals surface area contributed by atoms with Crippen LogP contribution in [0.3, 0.4) is 0 Å². The van der Waals surface area contributed by atoms with Crippen molar-refractivity contribution in [3.63, 3.8) is 0 Å². The lowest BCUT2D eigenvalue weighted by Crippen LogP contribution is -2.40. The first-order valence-electron chi connectivity index (χ1n) is 9.05. The zero-order valence-corrected chi connectivity index (χ0v) is 16.8. The third-order valence-corrected chi connectivity index (χ3v) is 6.55. The van der Waals surface area contributed by atoms with Crippen molar-refractivity contribution in [2.45, 2.75) is 10.9 Å². The number of carbonyl (C=O) groups is 1. The van der Waals surface area contributed by atoms with E-state index in [1.54, 1.807) is 24.5 Å². The number of benzene rings is 1. The van der Waals surface area contributed by atoms with Gasteiger partial charge in [0, 0.05) is 25.2 Å². The summed E-state index contributed by atoms with van der Waals surface area (Å²) in [6, 6.07) is 9.63. The van der Waals surface area contributed by atoms with Gasteiger partial charge in [0.2, 0.25) is 10.0 Å². The minimum atomic E-state index is -3.65. The largest absolute Gasteiger partial charge is 0.468 e. The molecule has 2 heterocycles. The molecule has 1 atom stereocenters. The molecule has 1 aromatic heterocycles. The lowest BCUT2D eigenvalue weighted by atomic mass is 10.2. The van der Waals surface area contributed by atoms with Crippen LogP contribution < -0.4 is 5.32 Å². The molecule has 9 heteroatoms. The molecule has 0 spiro atoms. The summed E-state index contributed by atoms with van der Waals surface area (Å²) < 4.78 is 37.6. The monoisotopic (exact) mass is 407 g/mol. The van der Waals surface area contributed by atoms with Crippen LogP contribution >= 0.6 is 0 Å². The van der Waals surface area contributed by atoms with Gasteiger partial charge < -0.3 is 14.5 Å². The van der Waals surface area contributed by atoms with Crippen molar-refractivity contribution in [2.24, 2.45) is 0 Å². The predicted molar refractivity (Wildman–Crippen MR) is 103 cm³/mol. The van der Waals surface area contributed by atoms with Crippen LogP contribution in [0.2, 0.25) is 0 Å². The topological polar surface area (TPSA) is 92.1 Å². The van der Waals surface area contributed by atoms with E-state index in [9.17, 15) is 13.2 Å². The molecule has 3 rings (SSSR count). The summed E-state index contributed by atoms with van der Waals surface area (Å²) in [4.78, 5) is 14.7. The molecule has 1 amide bonds. The van der Waals surface area contributed by atoms with Crippen molar-refractivity contribution in [3.05, 3.63) is 54.0 Å². The number of nitrogens with one attached hydrogen (secondary N) is 1. The molecule has 0 unspecified atom stereocenters. The van der Waals surface area contributed by atoms with Gasteiger partial charge in [0.05, 0.1) is 30.4 Å². The van der Waals surface area contributed by atoms with E-state index in [4.69, 9.17) is 9.15 Å². The summed E-state index contributed by atoms with van der Waals surface area (Å²) in [6.07, 6.45) is 1.59. The Labute approximate surface area is 165 Å². The summed E-state index contributed by atoms with van der Waals surface area (Å²) >= 11 is 0. The maximum absolute atomic E-state index is 12.8. The number of amides is 1. The fraction of sp³-hybridized carbons (Fsp3) is 0.421. The molecule has 152 valence electrons. The van der Waals surface area contributed by atoms with Gasteiger partial charge in [-0.15, -0.1) is 0 Å². The van der Waals surface area contributed by atoms with Gasteiger partial charge in [-0.25, -0.2) is 8.42 Å². The molecule has 1 N–H and O–H groups in total. The summed E-state index contributed by atoms with van der Waals surface area (Å²) in [5, 5.41) is 2.86. The predicted octanol–water partition coefficient (Wildman–Crippen LogP) is 1.33. The zero-order valence-electron chi connectivity index (χ0n) is 16.0. The number of nitrogens with zero attached hydrogens (tertiary/aromatic N) is 2. The smallest absolute Gasteiger partial charge is 0.251 e. The number of furan rings is 1. The second kappa shape index (κ2) is 8.87. The molecule has 28 heavy (non-hydrogen) atoms. The van der Waals surface area contributed by atoms with Crippen molar-refractivity contribution in [1.82, 2.24) is 14.5 Å². The third kappa shape index (κ3) is 4.61. The van der Waals surface area contributed by atoms with E-state index < -0.39 is 10.0 Å². The fourth-order valence-corrected chi connectivity index (χ4v) is 4.50.